The second kappa shape index (κ2) is 10.7. The summed E-state index contributed by atoms with van der Waals surface area (Å²) in [6.45, 7) is 0.327. The fourth-order valence-electron chi connectivity index (χ4n) is 2.72. The molecule has 9 heteroatoms. The average molecular weight is 503 g/mol. The molecule has 0 heterocycles. The largest absolute Gasteiger partial charge is 0.488 e. The van der Waals surface area contributed by atoms with Crippen molar-refractivity contribution >= 4 is 45.3 Å². The Kier molecular flexibility index (Phi) is 7.75. The molecule has 0 bridgehead atoms. The van der Waals surface area contributed by atoms with Crippen LogP contribution in [0.3, 0.4) is 0 Å². The summed E-state index contributed by atoms with van der Waals surface area (Å²) in [6.07, 6.45) is 1.33. The zero-order chi connectivity index (χ0) is 22.2. The molecular formula is C22H17BrClN3O4. The van der Waals surface area contributed by atoms with Crippen molar-refractivity contribution in [3.05, 3.63) is 103 Å². The third kappa shape index (κ3) is 6.37. The number of ether oxygens (including phenoxy) is 1. The Bertz CT molecular complexity index is 1140. The van der Waals surface area contributed by atoms with E-state index in [4.69, 9.17) is 16.3 Å². The van der Waals surface area contributed by atoms with E-state index in [9.17, 15) is 14.9 Å². The SMILES string of the molecule is O=C(Cc1ccccc1[N+](=O)[O-])N/N=C/c1ccc(OCc2ccccc2Cl)c(Br)c1. The molecule has 0 unspecified atom stereocenters. The van der Waals surface area contributed by atoms with Crippen molar-refractivity contribution in [2.75, 3.05) is 0 Å². The van der Waals surface area contributed by atoms with Crippen LogP contribution in [0.15, 0.2) is 76.3 Å². The molecule has 0 spiro atoms. The molecule has 1 amide bonds. The van der Waals surface area contributed by atoms with E-state index in [1.807, 2.05) is 18.2 Å². The van der Waals surface area contributed by atoms with Gasteiger partial charge in [0.05, 0.1) is 22.0 Å². The zero-order valence-corrected chi connectivity index (χ0v) is 18.5. The second-order valence-corrected chi connectivity index (χ2v) is 7.69. The maximum absolute atomic E-state index is 12.1. The van der Waals surface area contributed by atoms with Crippen molar-refractivity contribution in [3.8, 4) is 5.75 Å². The summed E-state index contributed by atoms with van der Waals surface area (Å²) in [6, 6.07) is 18.9. The fourth-order valence-corrected chi connectivity index (χ4v) is 3.42. The number of carbonyl (C=O) groups excluding carboxylic acids is 1. The molecule has 0 aliphatic carbocycles. The maximum Gasteiger partial charge on any atom is 0.273 e. The van der Waals surface area contributed by atoms with Crippen LogP contribution in [0, 0.1) is 10.1 Å². The first kappa shape index (κ1) is 22.5. The number of nitrogens with zero attached hydrogens (tertiary/aromatic N) is 2. The standard InChI is InChI=1S/C22H17BrClN3O4/c23-18-11-15(9-10-21(18)31-14-17-6-1-3-7-19(17)24)13-25-26-22(28)12-16-5-2-4-8-20(16)27(29)30/h1-11,13H,12,14H2,(H,26,28)/b25-13+. The topological polar surface area (TPSA) is 93.8 Å². The van der Waals surface area contributed by atoms with Gasteiger partial charge in [0.25, 0.3) is 5.69 Å². The van der Waals surface area contributed by atoms with Gasteiger partial charge in [-0.2, -0.15) is 5.10 Å². The Morgan fingerprint density at radius 2 is 1.84 bits per heavy atom. The van der Waals surface area contributed by atoms with Crippen molar-refractivity contribution < 1.29 is 14.5 Å². The van der Waals surface area contributed by atoms with Crippen LogP contribution in [0.25, 0.3) is 0 Å². The molecule has 1 N–H and O–H groups in total. The predicted octanol–water partition coefficient (Wildman–Crippen LogP) is 5.28. The number of hydrogen-bond acceptors (Lipinski definition) is 5. The summed E-state index contributed by atoms with van der Waals surface area (Å²) in [5.41, 5.74) is 4.21. The van der Waals surface area contributed by atoms with Crippen LogP contribution in [0.2, 0.25) is 5.02 Å². The zero-order valence-electron chi connectivity index (χ0n) is 16.1. The molecule has 3 rings (SSSR count). The lowest BCUT2D eigenvalue weighted by molar-refractivity contribution is -0.385. The van der Waals surface area contributed by atoms with Gasteiger partial charge in [0.1, 0.15) is 12.4 Å². The van der Waals surface area contributed by atoms with Gasteiger partial charge in [-0.05, 0) is 45.8 Å². The monoisotopic (exact) mass is 501 g/mol. The molecule has 0 saturated carbocycles. The van der Waals surface area contributed by atoms with E-state index in [1.54, 1.807) is 42.5 Å². The van der Waals surface area contributed by atoms with E-state index < -0.39 is 10.8 Å². The van der Waals surface area contributed by atoms with Gasteiger partial charge in [0, 0.05) is 22.2 Å². The number of hydrazone groups is 1. The summed E-state index contributed by atoms with van der Waals surface area (Å²) in [5.74, 6) is 0.182. The number of carbonyl (C=O) groups is 1. The number of para-hydroxylation sites is 1. The molecule has 0 atom stereocenters. The highest BCUT2D eigenvalue weighted by atomic mass is 79.9. The highest BCUT2D eigenvalue weighted by Gasteiger charge is 2.15. The number of benzene rings is 3. The summed E-state index contributed by atoms with van der Waals surface area (Å²) in [7, 11) is 0. The minimum atomic E-state index is -0.515. The Morgan fingerprint density at radius 3 is 2.55 bits per heavy atom. The third-order valence-electron chi connectivity index (χ3n) is 4.24. The number of nitro benzene ring substituents is 1. The molecule has 0 aliphatic rings. The third-order valence-corrected chi connectivity index (χ3v) is 5.23. The molecule has 0 radical (unpaired) electrons. The van der Waals surface area contributed by atoms with Crippen LogP contribution in [0.4, 0.5) is 5.69 Å². The Labute approximate surface area is 192 Å². The Hall–Kier alpha value is -3.23. The van der Waals surface area contributed by atoms with E-state index >= 15 is 0 Å². The van der Waals surface area contributed by atoms with Crippen LogP contribution >= 0.6 is 27.5 Å². The number of hydrogen-bond donors (Lipinski definition) is 1. The van der Waals surface area contributed by atoms with E-state index in [0.29, 0.717) is 22.9 Å². The summed E-state index contributed by atoms with van der Waals surface area (Å²) in [5, 5.41) is 15.6. The smallest absolute Gasteiger partial charge is 0.273 e. The molecule has 31 heavy (non-hydrogen) atoms. The number of nitrogens with one attached hydrogen (secondary N) is 1. The van der Waals surface area contributed by atoms with Gasteiger partial charge in [-0.15, -0.1) is 0 Å². The molecule has 0 aromatic heterocycles. The predicted molar refractivity (Wildman–Crippen MR) is 122 cm³/mol. The highest BCUT2D eigenvalue weighted by Crippen LogP contribution is 2.27. The van der Waals surface area contributed by atoms with Crippen molar-refractivity contribution in [3.63, 3.8) is 0 Å². The highest BCUT2D eigenvalue weighted by molar-refractivity contribution is 9.10. The van der Waals surface area contributed by atoms with Crippen molar-refractivity contribution in [1.29, 1.82) is 0 Å². The van der Waals surface area contributed by atoms with Gasteiger partial charge in [-0.3, -0.25) is 14.9 Å². The summed E-state index contributed by atoms with van der Waals surface area (Å²) >= 11 is 9.59. The molecule has 7 nitrogen and oxygen atoms in total. The minimum Gasteiger partial charge on any atom is -0.488 e. The molecule has 3 aromatic carbocycles. The normalized spacial score (nSPS) is 10.8. The number of nitro groups is 1. The number of rotatable bonds is 8. The first-order valence-electron chi connectivity index (χ1n) is 9.14. The van der Waals surface area contributed by atoms with Crippen LogP contribution in [-0.2, 0) is 17.8 Å². The summed E-state index contributed by atoms with van der Waals surface area (Å²) in [4.78, 5) is 22.6. The Balaban J connectivity index is 1.56. The summed E-state index contributed by atoms with van der Waals surface area (Å²) < 4.78 is 6.52. The lowest BCUT2D eigenvalue weighted by Crippen LogP contribution is -2.20. The van der Waals surface area contributed by atoms with Crippen molar-refractivity contribution in [2.24, 2.45) is 5.10 Å². The van der Waals surface area contributed by atoms with E-state index in [2.05, 4.69) is 26.5 Å². The molecule has 0 aliphatic heterocycles. The van der Waals surface area contributed by atoms with E-state index in [0.717, 1.165) is 15.6 Å². The first-order chi connectivity index (χ1) is 14.9. The molecule has 0 fully saturated rings. The molecule has 158 valence electrons. The van der Waals surface area contributed by atoms with Gasteiger partial charge in [0.2, 0.25) is 5.91 Å². The number of amides is 1. The number of halogens is 2. The molecular weight excluding hydrogens is 486 g/mol. The van der Waals surface area contributed by atoms with Gasteiger partial charge < -0.3 is 4.74 Å². The van der Waals surface area contributed by atoms with Crippen molar-refractivity contribution in [2.45, 2.75) is 13.0 Å². The van der Waals surface area contributed by atoms with Crippen molar-refractivity contribution in [1.82, 2.24) is 5.43 Å². The minimum absolute atomic E-state index is 0.0991. The Morgan fingerprint density at radius 1 is 1.13 bits per heavy atom. The molecule has 3 aromatic rings. The first-order valence-corrected chi connectivity index (χ1v) is 10.3. The van der Waals surface area contributed by atoms with E-state index in [1.165, 1.54) is 12.3 Å². The van der Waals surface area contributed by atoms with E-state index in [-0.39, 0.29) is 12.1 Å². The van der Waals surface area contributed by atoms with Gasteiger partial charge in [-0.1, -0.05) is 48.0 Å². The fraction of sp³-hybridized carbons (Fsp3) is 0.0909. The molecule has 0 saturated heterocycles. The maximum atomic E-state index is 12.1. The van der Waals surface area contributed by atoms with Crippen LogP contribution in [0.1, 0.15) is 16.7 Å². The van der Waals surface area contributed by atoms with Crippen LogP contribution < -0.4 is 10.2 Å². The second-order valence-electron chi connectivity index (χ2n) is 6.43. The lowest BCUT2D eigenvalue weighted by Gasteiger charge is -2.10. The quantitative estimate of drug-likeness (QED) is 0.257. The van der Waals surface area contributed by atoms with Gasteiger partial charge >= 0.3 is 0 Å². The van der Waals surface area contributed by atoms with Crippen LogP contribution in [-0.4, -0.2) is 17.0 Å². The van der Waals surface area contributed by atoms with Gasteiger partial charge in [-0.25, -0.2) is 5.43 Å². The lowest BCUT2D eigenvalue weighted by atomic mass is 10.1. The average Bonchev–Trinajstić information content (AvgIpc) is 2.74. The van der Waals surface area contributed by atoms with Crippen LogP contribution in [0.5, 0.6) is 5.75 Å². The van der Waals surface area contributed by atoms with Gasteiger partial charge in [0.15, 0.2) is 0 Å².